The normalized spacial score (nSPS) is 15.6. The third-order valence-corrected chi connectivity index (χ3v) is 4.37. The summed E-state index contributed by atoms with van der Waals surface area (Å²) < 4.78 is 15.8. The Balaban J connectivity index is 1.62. The van der Waals surface area contributed by atoms with Gasteiger partial charge in [0.25, 0.3) is 5.91 Å². The van der Waals surface area contributed by atoms with E-state index in [4.69, 9.17) is 14.2 Å². The number of hydrogen-bond donors (Lipinski definition) is 3. The second kappa shape index (κ2) is 14.1. The molecule has 0 spiro atoms. The summed E-state index contributed by atoms with van der Waals surface area (Å²) in [5.41, 5.74) is 3.03. The fraction of sp³-hybridized carbons (Fsp3) is 0.524. The molecule has 1 aromatic carbocycles. The van der Waals surface area contributed by atoms with E-state index in [1.54, 1.807) is 31.4 Å². The Morgan fingerprint density at radius 3 is 2.68 bits per heavy atom. The summed E-state index contributed by atoms with van der Waals surface area (Å²) in [6, 6.07) is 6.86. The summed E-state index contributed by atoms with van der Waals surface area (Å²) in [4.78, 5) is 35.1. The Hall–Kier alpha value is -2.98. The van der Waals surface area contributed by atoms with Gasteiger partial charge in [0.1, 0.15) is 12.2 Å². The van der Waals surface area contributed by atoms with Gasteiger partial charge in [-0.1, -0.05) is 0 Å². The third kappa shape index (κ3) is 10.6. The molecule has 0 saturated carbocycles. The van der Waals surface area contributed by atoms with Crippen LogP contribution < -0.4 is 20.8 Å². The van der Waals surface area contributed by atoms with Gasteiger partial charge < -0.3 is 24.8 Å². The highest BCUT2D eigenvalue weighted by Crippen LogP contribution is 2.12. The van der Waals surface area contributed by atoms with Gasteiger partial charge in [-0.3, -0.25) is 14.4 Å². The molecule has 10 nitrogen and oxygen atoms in total. The van der Waals surface area contributed by atoms with Crippen LogP contribution in [-0.4, -0.2) is 70.1 Å². The van der Waals surface area contributed by atoms with Crippen molar-refractivity contribution in [2.24, 2.45) is 5.10 Å². The number of nitrogens with zero attached hydrogens (tertiary/aromatic N) is 1. The van der Waals surface area contributed by atoms with Crippen molar-refractivity contribution in [2.45, 2.75) is 31.8 Å². The summed E-state index contributed by atoms with van der Waals surface area (Å²) >= 11 is 0. The lowest BCUT2D eigenvalue weighted by Gasteiger charge is -2.11. The van der Waals surface area contributed by atoms with Crippen LogP contribution >= 0.6 is 0 Å². The minimum Gasteiger partial charge on any atom is -0.484 e. The van der Waals surface area contributed by atoms with Crippen molar-refractivity contribution in [2.75, 3.05) is 40.0 Å². The Morgan fingerprint density at radius 2 is 1.97 bits per heavy atom. The number of amides is 3. The fourth-order valence-corrected chi connectivity index (χ4v) is 2.75. The summed E-state index contributed by atoms with van der Waals surface area (Å²) in [6.07, 6.45) is 3.92. The van der Waals surface area contributed by atoms with Gasteiger partial charge in [0.05, 0.1) is 12.3 Å². The summed E-state index contributed by atoms with van der Waals surface area (Å²) in [6.45, 7) is 2.17. The van der Waals surface area contributed by atoms with Gasteiger partial charge in [0.15, 0.2) is 6.61 Å². The first-order valence-electron chi connectivity index (χ1n) is 10.3. The lowest BCUT2D eigenvalue weighted by molar-refractivity contribution is -0.129. The van der Waals surface area contributed by atoms with Crippen LogP contribution in [-0.2, 0) is 23.9 Å². The average Bonchev–Trinajstić information content (AvgIpc) is 3.28. The zero-order valence-corrected chi connectivity index (χ0v) is 17.7. The number of hydrogen-bond acceptors (Lipinski definition) is 7. The molecule has 31 heavy (non-hydrogen) atoms. The predicted molar refractivity (Wildman–Crippen MR) is 114 cm³/mol. The Bertz CT molecular complexity index is 732. The smallest absolute Gasteiger partial charge is 0.258 e. The van der Waals surface area contributed by atoms with Crippen molar-refractivity contribution in [3.63, 3.8) is 0 Å². The molecular weight excluding hydrogens is 404 g/mol. The lowest BCUT2D eigenvalue weighted by Crippen LogP contribution is -2.35. The molecule has 3 N–H and O–H groups in total. The molecule has 0 aromatic heterocycles. The fourth-order valence-electron chi connectivity index (χ4n) is 2.75. The van der Waals surface area contributed by atoms with Gasteiger partial charge in [-0.15, -0.1) is 0 Å². The van der Waals surface area contributed by atoms with E-state index < -0.39 is 5.91 Å². The highest BCUT2D eigenvalue weighted by molar-refractivity contribution is 5.97. The number of carbonyl (C=O) groups excluding carboxylic acids is 3. The van der Waals surface area contributed by atoms with Gasteiger partial charge in [0.2, 0.25) is 11.8 Å². The Kier molecular flexibility index (Phi) is 11.0. The Labute approximate surface area is 181 Å². The van der Waals surface area contributed by atoms with Crippen LogP contribution in [0.3, 0.4) is 0 Å². The number of methoxy groups -OCH3 is 1. The Morgan fingerprint density at radius 1 is 1.16 bits per heavy atom. The zero-order chi connectivity index (χ0) is 22.3. The first-order valence-corrected chi connectivity index (χ1v) is 10.3. The van der Waals surface area contributed by atoms with E-state index in [9.17, 15) is 14.4 Å². The maximum atomic E-state index is 11.8. The largest absolute Gasteiger partial charge is 0.484 e. The molecule has 1 aromatic rings. The molecule has 1 atom stereocenters. The van der Waals surface area contributed by atoms with Crippen molar-refractivity contribution < 1.29 is 28.6 Å². The molecule has 0 unspecified atom stereocenters. The topological polar surface area (TPSA) is 127 Å². The van der Waals surface area contributed by atoms with Crippen molar-refractivity contribution in [1.29, 1.82) is 0 Å². The molecular formula is C21H30N4O6. The van der Waals surface area contributed by atoms with Gasteiger partial charge in [0, 0.05) is 33.4 Å². The van der Waals surface area contributed by atoms with Crippen molar-refractivity contribution in [3.8, 4) is 5.75 Å². The van der Waals surface area contributed by atoms with E-state index in [0.29, 0.717) is 31.9 Å². The quantitative estimate of drug-likeness (QED) is 0.178. The highest BCUT2D eigenvalue weighted by Gasteiger charge is 2.16. The molecule has 1 saturated heterocycles. The van der Waals surface area contributed by atoms with Crippen LogP contribution in [0.2, 0.25) is 0 Å². The van der Waals surface area contributed by atoms with Crippen LogP contribution in [0, 0.1) is 0 Å². The molecule has 1 heterocycles. The minimum absolute atomic E-state index is 0.0796. The molecule has 0 radical (unpaired) electrons. The molecule has 10 heteroatoms. The standard InChI is InChI=1S/C21H30N4O6/c1-29-10-3-9-22-19(26)12-20(27)25-24-13-16-5-7-17(8-6-16)31-15-21(28)23-14-18-4-2-11-30-18/h5-8,13,18H,2-4,9-12,14-15H2,1H3,(H,22,26)(H,23,28)(H,25,27)/b24-13+/t18-/m0/s1. The van der Waals surface area contributed by atoms with Crippen LogP contribution in [0.15, 0.2) is 29.4 Å². The van der Waals surface area contributed by atoms with Crippen molar-refractivity contribution in [1.82, 2.24) is 16.1 Å². The summed E-state index contributed by atoms with van der Waals surface area (Å²) in [7, 11) is 1.58. The minimum atomic E-state index is -0.505. The molecule has 1 aliphatic heterocycles. The van der Waals surface area contributed by atoms with Gasteiger partial charge in [-0.2, -0.15) is 5.10 Å². The average molecular weight is 434 g/mol. The van der Waals surface area contributed by atoms with Gasteiger partial charge in [-0.05, 0) is 49.1 Å². The second-order valence-corrected chi connectivity index (χ2v) is 6.96. The molecule has 1 fully saturated rings. The molecule has 3 amide bonds. The molecule has 170 valence electrons. The number of hydrazone groups is 1. The third-order valence-electron chi connectivity index (χ3n) is 4.37. The van der Waals surface area contributed by atoms with E-state index >= 15 is 0 Å². The van der Waals surface area contributed by atoms with E-state index in [-0.39, 0.29) is 30.9 Å². The van der Waals surface area contributed by atoms with Crippen molar-refractivity contribution >= 4 is 23.9 Å². The molecule has 2 rings (SSSR count). The predicted octanol–water partition coefficient (Wildman–Crippen LogP) is 0.354. The number of nitrogens with one attached hydrogen (secondary N) is 3. The highest BCUT2D eigenvalue weighted by atomic mass is 16.5. The number of rotatable bonds is 13. The van der Waals surface area contributed by atoms with E-state index in [2.05, 4.69) is 21.2 Å². The number of benzene rings is 1. The molecule has 0 bridgehead atoms. The van der Waals surface area contributed by atoms with Crippen LogP contribution in [0.25, 0.3) is 0 Å². The van der Waals surface area contributed by atoms with Gasteiger partial charge >= 0.3 is 0 Å². The van der Waals surface area contributed by atoms with Crippen LogP contribution in [0.5, 0.6) is 5.75 Å². The van der Waals surface area contributed by atoms with E-state index in [1.165, 1.54) is 6.21 Å². The number of carbonyl (C=O) groups is 3. The van der Waals surface area contributed by atoms with E-state index in [1.807, 2.05) is 0 Å². The van der Waals surface area contributed by atoms with Crippen LogP contribution in [0.1, 0.15) is 31.2 Å². The zero-order valence-electron chi connectivity index (χ0n) is 17.7. The SMILES string of the molecule is COCCCNC(=O)CC(=O)N/N=C/c1ccc(OCC(=O)NC[C@@H]2CCCO2)cc1. The first-order chi connectivity index (χ1) is 15.1. The second-order valence-electron chi connectivity index (χ2n) is 6.96. The molecule has 1 aliphatic rings. The molecule has 0 aliphatic carbocycles. The van der Waals surface area contributed by atoms with Gasteiger partial charge in [-0.25, -0.2) is 5.43 Å². The maximum Gasteiger partial charge on any atom is 0.258 e. The summed E-state index contributed by atoms with van der Waals surface area (Å²) in [5.74, 6) is -0.537. The summed E-state index contributed by atoms with van der Waals surface area (Å²) in [5, 5.41) is 9.24. The van der Waals surface area contributed by atoms with Crippen LogP contribution in [0.4, 0.5) is 0 Å². The van der Waals surface area contributed by atoms with E-state index in [0.717, 1.165) is 25.0 Å². The first kappa shape index (κ1) is 24.3. The lowest BCUT2D eigenvalue weighted by atomic mass is 10.2. The van der Waals surface area contributed by atoms with Crippen molar-refractivity contribution in [3.05, 3.63) is 29.8 Å². The monoisotopic (exact) mass is 434 g/mol. The maximum absolute atomic E-state index is 11.8. The number of ether oxygens (including phenoxy) is 3.